The number of hydrazone groups is 1. The molecule has 0 saturated heterocycles. The van der Waals surface area contributed by atoms with Gasteiger partial charge in [0.05, 0.1) is 31.2 Å². The first kappa shape index (κ1) is 20.7. The van der Waals surface area contributed by atoms with Crippen molar-refractivity contribution in [2.75, 3.05) is 14.2 Å². The average Bonchev–Trinajstić information content (AvgIpc) is 3.24. The maximum absolute atomic E-state index is 13.3. The van der Waals surface area contributed by atoms with Crippen LogP contribution in [0.3, 0.4) is 0 Å². The van der Waals surface area contributed by atoms with E-state index in [4.69, 9.17) is 9.47 Å². The van der Waals surface area contributed by atoms with Crippen molar-refractivity contribution < 1.29 is 19.1 Å². The second-order valence-electron chi connectivity index (χ2n) is 7.33. The van der Waals surface area contributed by atoms with Crippen LogP contribution in [0.1, 0.15) is 11.1 Å². The number of allylic oxidation sites excluding steroid dienone is 1. The number of benzene rings is 2. The highest BCUT2D eigenvalue weighted by molar-refractivity contribution is 14.1. The molecule has 6 nitrogen and oxygen atoms in total. The van der Waals surface area contributed by atoms with Crippen molar-refractivity contribution in [1.29, 1.82) is 0 Å². The Hall–Kier alpha value is -2.21. The third-order valence-corrected chi connectivity index (χ3v) is 7.35. The molecule has 0 saturated carbocycles. The summed E-state index contributed by atoms with van der Waals surface area (Å²) in [6.45, 7) is 0. The predicted octanol–water partition coefficient (Wildman–Crippen LogP) is 4.00. The highest BCUT2D eigenvalue weighted by Crippen LogP contribution is 2.61. The van der Waals surface area contributed by atoms with E-state index in [1.807, 2.05) is 24.3 Å². The van der Waals surface area contributed by atoms with Crippen LogP contribution in [-0.2, 0) is 24.5 Å². The van der Waals surface area contributed by atoms with Gasteiger partial charge < -0.3 is 9.47 Å². The van der Waals surface area contributed by atoms with E-state index in [9.17, 15) is 9.59 Å². The Morgan fingerprint density at radius 2 is 1.55 bits per heavy atom. The number of halogens is 2. The standard InChI is InChI=1S/C23H16I2N2O4/c1-30-21(28)19-20(22(29)31-2)27-18(4-3-9-26-27)23(19)16-10-12(24)5-7-14(16)15-8-6-13(25)11-17(15)23/h3-11,18H,1-2H3. The minimum absolute atomic E-state index is 0.108. The number of fused-ring (bicyclic) bond motifs is 7. The second kappa shape index (κ2) is 7.44. The zero-order valence-corrected chi connectivity index (χ0v) is 20.9. The summed E-state index contributed by atoms with van der Waals surface area (Å²) >= 11 is 4.54. The molecule has 0 aromatic heterocycles. The first-order chi connectivity index (χ1) is 14.9. The summed E-state index contributed by atoms with van der Waals surface area (Å²) in [6, 6.07) is 12.0. The lowest BCUT2D eigenvalue weighted by atomic mass is 9.68. The monoisotopic (exact) mass is 638 g/mol. The number of esters is 2. The van der Waals surface area contributed by atoms with E-state index in [2.05, 4.69) is 74.5 Å². The van der Waals surface area contributed by atoms with Gasteiger partial charge in [-0.25, -0.2) is 14.6 Å². The second-order valence-corrected chi connectivity index (χ2v) is 9.82. The Morgan fingerprint density at radius 3 is 2.10 bits per heavy atom. The van der Waals surface area contributed by atoms with Gasteiger partial charge in [0.25, 0.3) is 0 Å². The predicted molar refractivity (Wildman–Crippen MR) is 132 cm³/mol. The van der Waals surface area contributed by atoms with E-state index in [1.165, 1.54) is 14.2 Å². The topological polar surface area (TPSA) is 68.2 Å². The minimum atomic E-state index is -0.960. The number of hydrogen-bond acceptors (Lipinski definition) is 6. The van der Waals surface area contributed by atoms with Gasteiger partial charge in [0, 0.05) is 13.4 Å². The molecule has 0 N–H and O–H groups in total. The fourth-order valence-electron chi connectivity index (χ4n) is 4.93. The molecule has 0 bridgehead atoms. The number of carbonyl (C=O) groups is 2. The first-order valence-electron chi connectivity index (χ1n) is 9.47. The van der Waals surface area contributed by atoms with Crippen molar-refractivity contribution in [3.05, 3.63) is 78.1 Å². The smallest absolute Gasteiger partial charge is 0.356 e. The van der Waals surface area contributed by atoms with Crippen LogP contribution in [0.25, 0.3) is 11.1 Å². The van der Waals surface area contributed by atoms with Crippen molar-refractivity contribution in [1.82, 2.24) is 5.01 Å². The molecule has 0 fully saturated rings. The Bertz CT molecular complexity index is 1200. The van der Waals surface area contributed by atoms with Crippen LogP contribution in [0.2, 0.25) is 0 Å². The molecule has 0 radical (unpaired) electrons. The lowest BCUT2D eigenvalue weighted by Gasteiger charge is -2.36. The highest BCUT2D eigenvalue weighted by atomic mass is 127. The van der Waals surface area contributed by atoms with Crippen molar-refractivity contribution in [2.24, 2.45) is 5.10 Å². The molecule has 1 spiro atoms. The SMILES string of the molecule is COC(=O)C1=C(C(=O)OC)C2(c3cc(I)ccc3-c3ccc(I)cc32)C2C=CC=NN12. The molecule has 0 amide bonds. The van der Waals surface area contributed by atoms with E-state index in [-0.39, 0.29) is 11.3 Å². The zero-order chi connectivity index (χ0) is 21.9. The molecule has 8 heteroatoms. The van der Waals surface area contributed by atoms with E-state index in [0.717, 1.165) is 29.4 Å². The molecule has 2 heterocycles. The van der Waals surface area contributed by atoms with Crippen LogP contribution >= 0.6 is 45.2 Å². The van der Waals surface area contributed by atoms with Crippen LogP contribution in [-0.4, -0.2) is 43.4 Å². The van der Waals surface area contributed by atoms with Crippen LogP contribution in [0, 0.1) is 7.14 Å². The number of ether oxygens (including phenoxy) is 2. The number of hydrogen-bond donors (Lipinski definition) is 0. The van der Waals surface area contributed by atoms with Gasteiger partial charge in [-0.05, 0) is 97.8 Å². The minimum Gasteiger partial charge on any atom is -0.466 e. The van der Waals surface area contributed by atoms with Gasteiger partial charge >= 0.3 is 11.9 Å². The van der Waals surface area contributed by atoms with Gasteiger partial charge in [-0.1, -0.05) is 18.2 Å². The van der Waals surface area contributed by atoms with Gasteiger partial charge in [-0.2, -0.15) is 5.10 Å². The van der Waals surface area contributed by atoms with Gasteiger partial charge in [-0.15, -0.1) is 0 Å². The Balaban J connectivity index is 1.98. The van der Waals surface area contributed by atoms with Crippen LogP contribution in [0.5, 0.6) is 0 Å². The molecule has 1 atom stereocenters. The lowest BCUT2D eigenvalue weighted by molar-refractivity contribution is -0.140. The fourth-order valence-corrected chi connectivity index (χ4v) is 5.92. The molecule has 5 rings (SSSR count). The molecule has 3 aliphatic rings. The normalized spacial score (nSPS) is 19.4. The number of methoxy groups -OCH3 is 2. The highest BCUT2D eigenvalue weighted by Gasteiger charge is 2.62. The van der Waals surface area contributed by atoms with Crippen molar-refractivity contribution in [3.8, 4) is 11.1 Å². The number of nitrogens with zero attached hydrogens (tertiary/aromatic N) is 2. The molecule has 2 aromatic carbocycles. The molecule has 2 aliphatic heterocycles. The van der Waals surface area contributed by atoms with Gasteiger partial charge in [0.1, 0.15) is 0 Å². The fraction of sp³-hybridized carbons (Fsp3) is 0.174. The molecule has 156 valence electrons. The van der Waals surface area contributed by atoms with E-state index < -0.39 is 23.4 Å². The molecule has 2 aromatic rings. The number of rotatable bonds is 2. The van der Waals surface area contributed by atoms with E-state index >= 15 is 0 Å². The Labute approximate surface area is 206 Å². The Kier molecular flexibility index (Phi) is 4.96. The zero-order valence-electron chi connectivity index (χ0n) is 16.6. The Morgan fingerprint density at radius 1 is 0.968 bits per heavy atom. The van der Waals surface area contributed by atoms with Crippen LogP contribution in [0.4, 0.5) is 0 Å². The maximum atomic E-state index is 13.3. The quantitative estimate of drug-likeness (QED) is 0.368. The van der Waals surface area contributed by atoms with Crippen LogP contribution in [0.15, 0.2) is 64.9 Å². The summed E-state index contributed by atoms with van der Waals surface area (Å²) in [5, 5.41) is 6.06. The van der Waals surface area contributed by atoms with Crippen molar-refractivity contribution in [2.45, 2.75) is 11.5 Å². The molecule has 31 heavy (non-hydrogen) atoms. The summed E-state index contributed by atoms with van der Waals surface area (Å²) in [6.07, 6.45) is 5.43. The summed E-state index contributed by atoms with van der Waals surface area (Å²) in [4.78, 5) is 26.3. The van der Waals surface area contributed by atoms with Gasteiger partial charge in [0.2, 0.25) is 0 Å². The van der Waals surface area contributed by atoms with Gasteiger partial charge in [-0.3, -0.25) is 0 Å². The third kappa shape index (κ3) is 2.70. The van der Waals surface area contributed by atoms with Crippen LogP contribution < -0.4 is 0 Å². The lowest BCUT2D eigenvalue weighted by Crippen LogP contribution is -2.44. The summed E-state index contributed by atoms with van der Waals surface area (Å²) in [7, 11) is 2.63. The summed E-state index contributed by atoms with van der Waals surface area (Å²) in [5.74, 6) is -1.20. The largest absolute Gasteiger partial charge is 0.466 e. The molecular weight excluding hydrogens is 622 g/mol. The van der Waals surface area contributed by atoms with E-state index in [1.54, 1.807) is 11.2 Å². The molecule has 1 unspecified atom stereocenters. The molecule has 1 aliphatic carbocycles. The average molecular weight is 638 g/mol. The summed E-state index contributed by atoms with van der Waals surface area (Å²) < 4.78 is 12.4. The van der Waals surface area contributed by atoms with Crippen molar-refractivity contribution in [3.63, 3.8) is 0 Å². The first-order valence-corrected chi connectivity index (χ1v) is 11.6. The van der Waals surface area contributed by atoms with Crippen molar-refractivity contribution >= 4 is 63.3 Å². The number of carbonyl (C=O) groups excluding carboxylic acids is 2. The summed E-state index contributed by atoms with van der Waals surface area (Å²) in [5.41, 5.74) is 3.36. The molecular formula is C23H16I2N2O4. The van der Waals surface area contributed by atoms with Gasteiger partial charge in [0.15, 0.2) is 5.70 Å². The van der Waals surface area contributed by atoms with E-state index in [0.29, 0.717) is 0 Å². The maximum Gasteiger partial charge on any atom is 0.356 e. The third-order valence-electron chi connectivity index (χ3n) is 6.01.